The summed E-state index contributed by atoms with van der Waals surface area (Å²) in [6.07, 6.45) is 3.71. The van der Waals surface area contributed by atoms with E-state index in [4.69, 9.17) is 4.74 Å². The minimum atomic E-state index is -0.0603. The summed E-state index contributed by atoms with van der Waals surface area (Å²) < 4.78 is 6.40. The second-order valence-electron chi connectivity index (χ2n) is 2.69. The Bertz CT molecular complexity index is 283. The van der Waals surface area contributed by atoms with Crippen LogP contribution in [0.25, 0.3) is 0 Å². The average molecular weight is 183 g/mol. The Hall–Kier alpha value is -1.36. The minimum Gasteiger partial charge on any atom is -0.384 e. The molecule has 1 N–H and O–H groups in total. The van der Waals surface area contributed by atoms with E-state index in [2.05, 4.69) is 10.4 Å². The number of nitrogens with one attached hydrogen (secondary N) is 1. The van der Waals surface area contributed by atoms with E-state index in [1.165, 1.54) is 0 Å². The topological polar surface area (TPSA) is 56.1 Å². The fourth-order valence-electron chi connectivity index (χ4n) is 0.904. The van der Waals surface area contributed by atoms with E-state index < -0.39 is 0 Å². The normalized spacial score (nSPS) is 10.0. The SMILES string of the molecule is COCCC(=O)Nc1cnn(C)c1. The summed E-state index contributed by atoms with van der Waals surface area (Å²) in [5.74, 6) is -0.0603. The molecule has 72 valence electrons. The zero-order valence-corrected chi connectivity index (χ0v) is 7.78. The molecule has 0 aliphatic rings. The first-order chi connectivity index (χ1) is 6.22. The fraction of sp³-hybridized carbons (Fsp3) is 0.500. The van der Waals surface area contributed by atoms with Crippen molar-refractivity contribution >= 4 is 11.6 Å². The van der Waals surface area contributed by atoms with Crippen molar-refractivity contribution < 1.29 is 9.53 Å². The van der Waals surface area contributed by atoms with Gasteiger partial charge in [0.15, 0.2) is 0 Å². The highest BCUT2D eigenvalue weighted by Crippen LogP contribution is 2.03. The number of carbonyl (C=O) groups is 1. The maximum absolute atomic E-state index is 11.2. The van der Waals surface area contributed by atoms with Crippen LogP contribution < -0.4 is 5.32 Å². The second kappa shape index (κ2) is 4.61. The van der Waals surface area contributed by atoms with Gasteiger partial charge in [0.05, 0.1) is 24.9 Å². The van der Waals surface area contributed by atoms with Crippen molar-refractivity contribution in [1.82, 2.24) is 9.78 Å². The summed E-state index contributed by atoms with van der Waals surface area (Å²) in [4.78, 5) is 11.2. The molecule has 5 heteroatoms. The van der Waals surface area contributed by atoms with Gasteiger partial charge in [0.1, 0.15) is 0 Å². The van der Waals surface area contributed by atoms with Crippen LogP contribution in [0.4, 0.5) is 5.69 Å². The predicted octanol–water partition coefficient (Wildman–Crippen LogP) is 0.395. The van der Waals surface area contributed by atoms with Crippen LogP contribution in [0.5, 0.6) is 0 Å². The molecule has 5 nitrogen and oxygen atoms in total. The third-order valence-electron chi connectivity index (χ3n) is 1.52. The zero-order valence-electron chi connectivity index (χ0n) is 7.78. The first-order valence-electron chi connectivity index (χ1n) is 4.00. The van der Waals surface area contributed by atoms with Gasteiger partial charge in [0.2, 0.25) is 5.91 Å². The van der Waals surface area contributed by atoms with Gasteiger partial charge in [-0.25, -0.2) is 0 Å². The molecule has 0 atom stereocenters. The van der Waals surface area contributed by atoms with Gasteiger partial charge in [-0.15, -0.1) is 0 Å². The van der Waals surface area contributed by atoms with Crippen molar-refractivity contribution in [1.29, 1.82) is 0 Å². The maximum atomic E-state index is 11.2. The van der Waals surface area contributed by atoms with Crippen molar-refractivity contribution in [2.24, 2.45) is 7.05 Å². The molecule has 0 aliphatic heterocycles. The Balaban J connectivity index is 2.36. The Morgan fingerprint density at radius 1 is 1.77 bits per heavy atom. The van der Waals surface area contributed by atoms with Crippen LogP contribution in [0, 0.1) is 0 Å². The highest BCUT2D eigenvalue weighted by molar-refractivity contribution is 5.90. The average Bonchev–Trinajstić information content (AvgIpc) is 2.48. The number of rotatable bonds is 4. The molecule has 0 saturated carbocycles. The highest BCUT2D eigenvalue weighted by atomic mass is 16.5. The van der Waals surface area contributed by atoms with E-state index in [0.29, 0.717) is 18.7 Å². The van der Waals surface area contributed by atoms with Crippen molar-refractivity contribution in [3.8, 4) is 0 Å². The second-order valence-corrected chi connectivity index (χ2v) is 2.69. The number of hydrogen-bond donors (Lipinski definition) is 1. The number of anilines is 1. The number of hydrogen-bond acceptors (Lipinski definition) is 3. The standard InChI is InChI=1S/C8H13N3O2/c1-11-6-7(5-9-11)10-8(12)3-4-13-2/h5-6H,3-4H2,1-2H3,(H,10,12). The van der Waals surface area contributed by atoms with Gasteiger partial charge in [-0.1, -0.05) is 0 Å². The lowest BCUT2D eigenvalue weighted by Crippen LogP contribution is -2.13. The molecule has 1 aromatic rings. The Kier molecular flexibility index (Phi) is 3.45. The lowest BCUT2D eigenvalue weighted by molar-refractivity contribution is -0.117. The van der Waals surface area contributed by atoms with Crippen LogP contribution in [-0.4, -0.2) is 29.4 Å². The van der Waals surface area contributed by atoms with Gasteiger partial charge in [0, 0.05) is 20.4 Å². The van der Waals surface area contributed by atoms with E-state index in [-0.39, 0.29) is 5.91 Å². The summed E-state index contributed by atoms with van der Waals surface area (Å²) in [5.41, 5.74) is 0.712. The number of aromatic nitrogens is 2. The number of ether oxygens (including phenoxy) is 1. The van der Waals surface area contributed by atoms with Crippen molar-refractivity contribution in [2.45, 2.75) is 6.42 Å². The van der Waals surface area contributed by atoms with Crippen molar-refractivity contribution in [3.05, 3.63) is 12.4 Å². The van der Waals surface area contributed by atoms with Gasteiger partial charge in [-0.3, -0.25) is 9.48 Å². The highest BCUT2D eigenvalue weighted by Gasteiger charge is 2.02. The van der Waals surface area contributed by atoms with Crippen LogP contribution in [0.15, 0.2) is 12.4 Å². The van der Waals surface area contributed by atoms with Gasteiger partial charge in [-0.05, 0) is 0 Å². The predicted molar refractivity (Wildman–Crippen MR) is 48.3 cm³/mol. The van der Waals surface area contributed by atoms with Crippen molar-refractivity contribution in [2.75, 3.05) is 19.0 Å². The molecule has 1 amide bonds. The van der Waals surface area contributed by atoms with Gasteiger partial charge < -0.3 is 10.1 Å². The molecule has 0 fully saturated rings. The van der Waals surface area contributed by atoms with Gasteiger partial charge in [-0.2, -0.15) is 5.10 Å². The molecule has 0 aromatic carbocycles. The molecule has 0 unspecified atom stereocenters. The minimum absolute atomic E-state index is 0.0603. The number of amides is 1. The third-order valence-corrected chi connectivity index (χ3v) is 1.52. The molecule has 0 aliphatic carbocycles. The van der Waals surface area contributed by atoms with E-state index >= 15 is 0 Å². The summed E-state index contributed by atoms with van der Waals surface area (Å²) >= 11 is 0. The molecule has 13 heavy (non-hydrogen) atoms. The largest absolute Gasteiger partial charge is 0.384 e. The van der Waals surface area contributed by atoms with Crippen LogP contribution in [0.2, 0.25) is 0 Å². The van der Waals surface area contributed by atoms with Crippen LogP contribution in [0.1, 0.15) is 6.42 Å². The van der Waals surface area contributed by atoms with Crippen LogP contribution in [0.3, 0.4) is 0 Å². The van der Waals surface area contributed by atoms with Gasteiger partial charge in [0.25, 0.3) is 0 Å². The molecule has 1 rings (SSSR count). The van der Waals surface area contributed by atoms with Crippen LogP contribution >= 0.6 is 0 Å². The maximum Gasteiger partial charge on any atom is 0.226 e. The zero-order chi connectivity index (χ0) is 9.68. The smallest absolute Gasteiger partial charge is 0.226 e. The Labute approximate surface area is 76.7 Å². The number of methoxy groups -OCH3 is 1. The van der Waals surface area contributed by atoms with E-state index in [9.17, 15) is 4.79 Å². The Morgan fingerprint density at radius 3 is 3.08 bits per heavy atom. The molecule has 0 saturated heterocycles. The quantitative estimate of drug-likeness (QED) is 0.734. The molecule has 1 aromatic heterocycles. The lowest BCUT2D eigenvalue weighted by Gasteiger charge is -2.00. The van der Waals surface area contributed by atoms with Gasteiger partial charge >= 0.3 is 0 Å². The first kappa shape index (κ1) is 9.73. The third kappa shape index (κ3) is 3.25. The molecular formula is C8H13N3O2. The summed E-state index contributed by atoms with van der Waals surface area (Å²) in [5, 5.41) is 6.62. The number of carbonyl (C=O) groups excluding carboxylic acids is 1. The Morgan fingerprint density at radius 2 is 2.54 bits per heavy atom. The number of nitrogens with zero attached hydrogens (tertiary/aromatic N) is 2. The molecule has 0 bridgehead atoms. The summed E-state index contributed by atoms with van der Waals surface area (Å²) in [6.45, 7) is 0.437. The van der Waals surface area contributed by atoms with E-state index in [1.54, 1.807) is 31.2 Å². The first-order valence-corrected chi connectivity index (χ1v) is 4.00. The molecular weight excluding hydrogens is 170 g/mol. The van der Waals surface area contributed by atoms with Crippen LogP contribution in [-0.2, 0) is 16.6 Å². The molecule has 0 spiro atoms. The monoisotopic (exact) mass is 183 g/mol. The summed E-state index contributed by atoms with van der Waals surface area (Å²) in [6, 6.07) is 0. The molecule has 1 heterocycles. The number of aryl methyl sites for hydroxylation is 1. The molecule has 0 radical (unpaired) electrons. The lowest BCUT2D eigenvalue weighted by atomic mass is 10.4. The fourth-order valence-corrected chi connectivity index (χ4v) is 0.904. The van der Waals surface area contributed by atoms with E-state index in [0.717, 1.165) is 0 Å². The van der Waals surface area contributed by atoms with Crippen molar-refractivity contribution in [3.63, 3.8) is 0 Å². The van der Waals surface area contributed by atoms with E-state index in [1.807, 2.05) is 0 Å². The summed E-state index contributed by atoms with van der Waals surface area (Å²) in [7, 11) is 3.36.